The summed E-state index contributed by atoms with van der Waals surface area (Å²) in [6.45, 7) is 5.02. The average molecular weight is 181 g/mol. The van der Waals surface area contributed by atoms with Gasteiger partial charge in [0.05, 0.1) is 6.04 Å². The van der Waals surface area contributed by atoms with E-state index in [2.05, 4.69) is 0 Å². The van der Waals surface area contributed by atoms with Gasteiger partial charge in [-0.05, 0) is 38.5 Å². The Morgan fingerprint density at radius 2 is 2.23 bits per heavy atom. The second-order valence-corrected chi connectivity index (χ2v) is 5.07. The summed E-state index contributed by atoms with van der Waals surface area (Å²) < 4.78 is 5.36. The van der Waals surface area contributed by atoms with Gasteiger partial charge in [-0.3, -0.25) is 0 Å². The highest BCUT2D eigenvalue weighted by Gasteiger charge is 2.60. The molecule has 3 heteroatoms. The number of carbonyl (C=O) groups excluding carboxylic acids is 1. The van der Waals surface area contributed by atoms with Crippen LogP contribution in [0.15, 0.2) is 0 Å². The van der Waals surface area contributed by atoms with Crippen LogP contribution in [0.3, 0.4) is 0 Å². The minimum absolute atomic E-state index is 0.0931. The second-order valence-electron chi connectivity index (χ2n) is 5.07. The van der Waals surface area contributed by atoms with Gasteiger partial charge in [-0.2, -0.15) is 0 Å². The molecular weight excluding hydrogens is 166 g/mol. The predicted octanol–water partition coefficient (Wildman–Crippen LogP) is 1.63. The summed E-state index contributed by atoms with van der Waals surface area (Å²) in [6.07, 6.45) is 2.50. The van der Waals surface area contributed by atoms with Gasteiger partial charge < -0.3 is 9.64 Å². The van der Waals surface area contributed by atoms with Crippen LogP contribution < -0.4 is 0 Å². The molecule has 1 amide bonds. The van der Waals surface area contributed by atoms with Gasteiger partial charge in [-0.25, -0.2) is 4.79 Å². The fourth-order valence-corrected chi connectivity index (χ4v) is 3.26. The van der Waals surface area contributed by atoms with Crippen molar-refractivity contribution in [3.8, 4) is 0 Å². The van der Waals surface area contributed by atoms with Crippen LogP contribution in [0, 0.1) is 11.8 Å². The zero-order valence-electron chi connectivity index (χ0n) is 8.12. The molecular formula is C10H15NO2. The topological polar surface area (TPSA) is 29.5 Å². The molecule has 0 aromatic carbocycles. The lowest BCUT2D eigenvalue weighted by molar-refractivity contribution is 0.0334. The number of fused-ring (bicyclic) bond motifs is 3. The van der Waals surface area contributed by atoms with E-state index in [0.717, 1.165) is 18.4 Å². The maximum atomic E-state index is 11.5. The molecule has 2 aliphatic heterocycles. The minimum Gasteiger partial charge on any atom is -0.441 e. The summed E-state index contributed by atoms with van der Waals surface area (Å²) in [4.78, 5) is 13.4. The maximum absolute atomic E-state index is 11.5. The number of rotatable bonds is 0. The van der Waals surface area contributed by atoms with Crippen molar-refractivity contribution in [2.45, 2.75) is 38.3 Å². The molecule has 3 nitrogen and oxygen atoms in total. The molecule has 0 radical (unpaired) electrons. The Labute approximate surface area is 78.0 Å². The molecule has 1 aliphatic carbocycles. The summed E-state index contributed by atoms with van der Waals surface area (Å²) >= 11 is 0. The van der Waals surface area contributed by atoms with Crippen molar-refractivity contribution in [3.63, 3.8) is 0 Å². The van der Waals surface area contributed by atoms with E-state index < -0.39 is 0 Å². The SMILES string of the molecule is CC1(C)OC(=O)N2C[C@H]3CC[C@H]3[C@@H]21. The Bertz CT molecular complexity index is 274. The van der Waals surface area contributed by atoms with Crippen molar-refractivity contribution >= 4 is 6.09 Å². The van der Waals surface area contributed by atoms with Crippen molar-refractivity contribution in [2.75, 3.05) is 6.54 Å². The number of ether oxygens (including phenoxy) is 1. The summed E-state index contributed by atoms with van der Waals surface area (Å²) in [5, 5.41) is 0. The van der Waals surface area contributed by atoms with Gasteiger partial charge in [0.1, 0.15) is 5.60 Å². The summed E-state index contributed by atoms with van der Waals surface area (Å²) in [5.74, 6) is 1.50. The van der Waals surface area contributed by atoms with Gasteiger partial charge in [-0.1, -0.05) is 0 Å². The van der Waals surface area contributed by atoms with Crippen LogP contribution in [0.2, 0.25) is 0 Å². The number of hydrogen-bond acceptors (Lipinski definition) is 2. The van der Waals surface area contributed by atoms with E-state index in [-0.39, 0.29) is 11.7 Å². The van der Waals surface area contributed by atoms with E-state index in [1.165, 1.54) is 12.8 Å². The van der Waals surface area contributed by atoms with Crippen molar-refractivity contribution in [2.24, 2.45) is 11.8 Å². The maximum Gasteiger partial charge on any atom is 0.410 e. The van der Waals surface area contributed by atoms with Gasteiger partial charge in [0.15, 0.2) is 0 Å². The van der Waals surface area contributed by atoms with Crippen LogP contribution in [0.4, 0.5) is 4.79 Å². The molecule has 13 heavy (non-hydrogen) atoms. The highest BCUT2D eigenvalue weighted by Crippen LogP contribution is 2.51. The highest BCUT2D eigenvalue weighted by molar-refractivity contribution is 5.72. The first-order valence-corrected chi connectivity index (χ1v) is 5.09. The third-order valence-corrected chi connectivity index (χ3v) is 3.95. The van der Waals surface area contributed by atoms with Crippen LogP contribution in [0.1, 0.15) is 26.7 Å². The predicted molar refractivity (Wildman–Crippen MR) is 47.3 cm³/mol. The summed E-state index contributed by atoms with van der Waals surface area (Å²) in [5.41, 5.74) is -0.253. The number of cyclic esters (lactones) is 1. The van der Waals surface area contributed by atoms with Crippen LogP contribution in [-0.2, 0) is 4.74 Å². The smallest absolute Gasteiger partial charge is 0.410 e. The fraction of sp³-hybridized carbons (Fsp3) is 0.900. The third-order valence-electron chi connectivity index (χ3n) is 3.95. The van der Waals surface area contributed by atoms with Gasteiger partial charge in [0.2, 0.25) is 0 Å². The number of amides is 1. The molecule has 0 bridgehead atoms. The first kappa shape index (κ1) is 7.65. The molecule has 72 valence electrons. The zero-order chi connectivity index (χ0) is 9.22. The van der Waals surface area contributed by atoms with Gasteiger partial charge in [-0.15, -0.1) is 0 Å². The highest BCUT2D eigenvalue weighted by atomic mass is 16.6. The van der Waals surface area contributed by atoms with Crippen molar-refractivity contribution in [1.29, 1.82) is 0 Å². The zero-order valence-corrected chi connectivity index (χ0v) is 8.12. The normalized spacial score (nSPS) is 45.2. The molecule has 3 fully saturated rings. The van der Waals surface area contributed by atoms with Gasteiger partial charge in [0.25, 0.3) is 0 Å². The van der Waals surface area contributed by atoms with E-state index in [9.17, 15) is 4.79 Å². The lowest BCUT2D eigenvalue weighted by Crippen LogP contribution is -2.43. The Morgan fingerprint density at radius 3 is 2.85 bits per heavy atom. The Hall–Kier alpha value is -0.730. The van der Waals surface area contributed by atoms with E-state index in [1.807, 2.05) is 18.7 Å². The molecule has 1 saturated carbocycles. The molecule has 2 saturated heterocycles. The summed E-state index contributed by atoms with van der Waals surface area (Å²) in [7, 11) is 0. The van der Waals surface area contributed by atoms with E-state index in [4.69, 9.17) is 4.74 Å². The second kappa shape index (κ2) is 2.02. The minimum atomic E-state index is -0.253. The standard InChI is InChI=1S/C10H15NO2/c1-10(2)8-7-4-3-6(7)5-11(8)9(12)13-10/h6-8H,3-5H2,1-2H3/t6-,7-,8-/m1/s1. The van der Waals surface area contributed by atoms with Crippen LogP contribution in [-0.4, -0.2) is 29.2 Å². The van der Waals surface area contributed by atoms with Crippen molar-refractivity contribution < 1.29 is 9.53 Å². The lowest BCUT2D eigenvalue weighted by atomic mass is 9.70. The van der Waals surface area contributed by atoms with Crippen LogP contribution in [0.5, 0.6) is 0 Å². The van der Waals surface area contributed by atoms with E-state index in [0.29, 0.717) is 6.04 Å². The lowest BCUT2D eigenvalue weighted by Gasteiger charge is -2.36. The number of hydrogen-bond donors (Lipinski definition) is 0. The molecule has 3 rings (SSSR count). The average Bonchev–Trinajstić information content (AvgIpc) is 2.33. The van der Waals surface area contributed by atoms with Crippen LogP contribution in [0.25, 0.3) is 0 Å². The Balaban J connectivity index is 1.97. The van der Waals surface area contributed by atoms with Crippen molar-refractivity contribution in [3.05, 3.63) is 0 Å². The molecule has 0 aromatic rings. The van der Waals surface area contributed by atoms with Crippen LogP contribution >= 0.6 is 0 Å². The van der Waals surface area contributed by atoms with E-state index in [1.54, 1.807) is 0 Å². The monoisotopic (exact) mass is 181 g/mol. The van der Waals surface area contributed by atoms with Gasteiger partial charge in [0, 0.05) is 6.54 Å². The molecule has 0 N–H and O–H groups in total. The Morgan fingerprint density at radius 1 is 1.46 bits per heavy atom. The Kier molecular flexibility index (Phi) is 1.19. The molecule has 3 aliphatic rings. The van der Waals surface area contributed by atoms with Crippen molar-refractivity contribution in [1.82, 2.24) is 4.90 Å². The number of carbonyl (C=O) groups is 1. The number of nitrogens with zero attached hydrogens (tertiary/aromatic N) is 1. The van der Waals surface area contributed by atoms with E-state index >= 15 is 0 Å². The fourth-order valence-electron chi connectivity index (χ4n) is 3.26. The first-order chi connectivity index (χ1) is 6.09. The molecule has 3 atom stereocenters. The molecule has 0 spiro atoms. The molecule has 0 aromatic heterocycles. The van der Waals surface area contributed by atoms with Gasteiger partial charge >= 0.3 is 6.09 Å². The quantitative estimate of drug-likeness (QED) is 0.568. The third kappa shape index (κ3) is 0.779. The molecule has 0 unspecified atom stereocenters. The first-order valence-electron chi connectivity index (χ1n) is 5.09. The largest absolute Gasteiger partial charge is 0.441 e. The molecule has 2 heterocycles. The summed E-state index contributed by atoms with van der Waals surface area (Å²) in [6, 6.07) is 0.360.